The van der Waals surface area contributed by atoms with Gasteiger partial charge < -0.3 is 52.9 Å². The molecule has 1 saturated heterocycles. The van der Waals surface area contributed by atoms with Crippen molar-refractivity contribution in [3.05, 3.63) is 95.6 Å². The van der Waals surface area contributed by atoms with E-state index in [2.05, 4.69) is 12.7 Å². The van der Waals surface area contributed by atoms with E-state index in [1.165, 1.54) is 7.11 Å². The number of ether oxygens (including phenoxy) is 8. The maximum Gasteiger partial charge on any atom is 0.410 e. The quantitative estimate of drug-likeness (QED) is 0.0322. The molecule has 1 unspecified atom stereocenters. The Labute approximate surface area is 396 Å². The van der Waals surface area contributed by atoms with Crippen molar-refractivity contribution in [3.8, 4) is 34.5 Å². The molecule has 0 bridgehead atoms. The van der Waals surface area contributed by atoms with Crippen molar-refractivity contribution < 1.29 is 62.5 Å². The number of aldehydes is 1. The average molecular weight is 946 g/mol. The monoisotopic (exact) mass is 944 g/mol. The van der Waals surface area contributed by atoms with Gasteiger partial charge in [-0.2, -0.15) is 0 Å². The maximum atomic E-state index is 14.7. The fourth-order valence-electron chi connectivity index (χ4n) is 10.4. The molecule has 360 valence electrons. The molecule has 67 heavy (non-hydrogen) atoms. The number of hydrogen-bond donors (Lipinski definition) is 2. The van der Waals surface area contributed by atoms with Crippen molar-refractivity contribution in [3.63, 3.8) is 0 Å². The minimum atomic E-state index is -1.56. The van der Waals surface area contributed by atoms with Crippen LogP contribution >= 0.6 is 11.6 Å². The van der Waals surface area contributed by atoms with E-state index in [0.29, 0.717) is 71.6 Å². The Morgan fingerprint density at radius 1 is 0.985 bits per heavy atom. The maximum absolute atomic E-state index is 14.7. The Hall–Kier alpha value is -5.32. The van der Waals surface area contributed by atoms with E-state index < -0.39 is 30.1 Å². The fraction of sp³-hybridized carbons (Fsp3) is 0.510. The summed E-state index contributed by atoms with van der Waals surface area (Å²) in [5, 5.41) is 25.0. The molecule has 1 amide bonds. The number of hydrogen-bond acceptors (Lipinski definition) is 14. The molecule has 5 aliphatic rings. The van der Waals surface area contributed by atoms with Crippen LogP contribution in [0.15, 0.2) is 84.1 Å². The minimum Gasteiger partial charge on any atom is -0.496 e. The molecule has 3 heterocycles. The number of halogens is 1. The number of nitrogens with zero attached hydrogens (tertiary/aromatic N) is 2. The Bertz CT molecular complexity index is 2260. The second kappa shape index (κ2) is 22.7. The third-order valence-corrected chi connectivity index (χ3v) is 13.5. The first-order chi connectivity index (χ1) is 32.8. The first-order valence-electron chi connectivity index (χ1n) is 23.4. The number of amides is 1. The third kappa shape index (κ3) is 10.6. The van der Waals surface area contributed by atoms with Crippen LogP contribution in [0.3, 0.4) is 0 Å². The number of unbranched alkanes of at least 4 members (excludes halogenated alkanes) is 2. The predicted molar refractivity (Wildman–Crippen MR) is 248 cm³/mol. The lowest BCUT2D eigenvalue weighted by Gasteiger charge is -2.59. The minimum absolute atomic E-state index is 0.00281. The van der Waals surface area contributed by atoms with Gasteiger partial charge in [-0.15, -0.1) is 18.2 Å². The lowest BCUT2D eigenvalue weighted by atomic mass is 9.55. The number of methoxy groups -OCH3 is 1. The van der Waals surface area contributed by atoms with Crippen molar-refractivity contribution in [1.29, 1.82) is 0 Å². The molecule has 2 fully saturated rings. The van der Waals surface area contributed by atoms with Gasteiger partial charge in [-0.05, 0) is 110 Å². The van der Waals surface area contributed by atoms with Gasteiger partial charge in [-0.25, -0.2) is 4.79 Å². The van der Waals surface area contributed by atoms with E-state index in [1.54, 1.807) is 29.2 Å². The van der Waals surface area contributed by atoms with E-state index in [4.69, 9.17) is 59.5 Å². The Morgan fingerprint density at radius 3 is 2.54 bits per heavy atom. The summed E-state index contributed by atoms with van der Waals surface area (Å²) in [6.45, 7) is 4.90. The molecule has 3 aromatic carbocycles. The van der Waals surface area contributed by atoms with Gasteiger partial charge >= 0.3 is 6.09 Å². The highest BCUT2D eigenvalue weighted by Crippen LogP contribution is 2.62. The van der Waals surface area contributed by atoms with Gasteiger partial charge in [0.15, 0.2) is 17.8 Å². The highest BCUT2D eigenvalue weighted by atomic mass is 35.5. The van der Waals surface area contributed by atoms with Crippen LogP contribution in [0.2, 0.25) is 0 Å². The number of aliphatic hydroxyl groups is 2. The standard InChI is InChI=1S/C51H61ClN2O13/c1-3-22-64-51-46(54(50(58)61-24-19-52)30-33-13-16-44-45(25-33)63-32-62-44)29-41(53-67-47-12-6-9-23-60-47)39-27-34(10-4-7-20-55)38(11-5-8-21-56)48(49(39)51)40-28-37(15-18-43(40)66-51)65-36-14-17-42(59-2)35(26-36)31-57/h3,13-18,25-28,31,34,38,46-49,55-56H,1,4-12,19-24,29-30,32H2,2H3/t34-,38+,46-,47?,48+,49+,51+/m0/s1. The molecule has 0 spiro atoms. The molecule has 8 rings (SSSR count). The van der Waals surface area contributed by atoms with Crippen LogP contribution in [0.5, 0.6) is 34.5 Å². The molecule has 16 heteroatoms. The Balaban J connectivity index is 1.33. The van der Waals surface area contributed by atoms with Crippen molar-refractivity contribution in [2.75, 3.05) is 52.8 Å². The summed E-state index contributed by atoms with van der Waals surface area (Å²) in [5.74, 6) is 0.639. The van der Waals surface area contributed by atoms with Crippen LogP contribution < -0.4 is 23.7 Å². The topological polar surface area (TPSA) is 173 Å². The number of aliphatic hydroxyl groups excluding tert-OH is 2. The van der Waals surface area contributed by atoms with E-state index in [9.17, 15) is 19.8 Å². The zero-order valence-corrected chi connectivity index (χ0v) is 38.7. The number of oxime groups is 1. The number of allylic oxidation sites excluding steroid dienone is 1. The third-order valence-electron chi connectivity index (χ3n) is 13.3. The van der Waals surface area contributed by atoms with Gasteiger partial charge in [-0.1, -0.05) is 36.2 Å². The van der Waals surface area contributed by atoms with E-state index in [0.717, 1.165) is 61.5 Å². The van der Waals surface area contributed by atoms with Crippen LogP contribution in [0, 0.1) is 17.8 Å². The van der Waals surface area contributed by atoms with Crippen molar-refractivity contribution in [2.45, 2.75) is 94.8 Å². The molecule has 7 atom stereocenters. The van der Waals surface area contributed by atoms with Crippen molar-refractivity contribution in [1.82, 2.24) is 4.90 Å². The van der Waals surface area contributed by atoms with E-state index >= 15 is 0 Å². The van der Waals surface area contributed by atoms with Crippen LogP contribution in [-0.4, -0.2) is 104 Å². The molecule has 2 N–H and O–H groups in total. The molecule has 0 aromatic heterocycles. The van der Waals surface area contributed by atoms with Gasteiger partial charge in [0.25, 0.3) is 0 Å². The second-order valence-corrected chi connectivity index (χ2v) is 17.8. The second-order valence-electron chi connectivity index (χ2n) is 17.4. The molecule has 2 aliphatic carbocycles. The highest BCUT2D eigenvalue weighted by molar-refractivity contribution is 6.18. The summed E-state index contributed by atoms with van der Waals surface area (Å²) in [7, 11) is 1.51. The van der Waals surface area contributed by atoms with Crippen LogP contribution in [0.25, 0.3) is 0 Å². The number of fused-ring (bicyclic) bond motifs is 3. The number of alkyl halides is 1. The summed E-state index contributed by atoms with van der Waals surface area (Å²) in [4.78, 5) is 34.7. The number of benzene rings is 3. The lowest BCUT2D eigenvalue weighted by molar-refractivity contribution is -0.256. The molecule has 3 aromatic rings. The largest absolute Gasteiger partial charge is 0.496 e. The van der Waals surface area contributed by atoms with Crippen molar-refractivity contribution in [2.24, 2.45) is 22.9 Å². The zero-order valence-electron chi connectivity index (χ0n) is 38.0. The van der Waals surface area contributed by atoms with E-state index in [1.807, 2.05) is 36.4 Å². The highest BCUT2D eigenvalue weighted by Gasteiger charge is 2.66. The van der Waals surface area contributed by atoms with Gasteiger partial charge in [0.05, 0.1) is 43.4 Å². The smallest absolute Gasteiger partial charge is 0.410 e. The van der Waals surface area contributed by atoms with Gasteiger partial charge in [0.1, 0.15) is 35.6 Å². The summed E-state index contributed by atoms with van der Waals surface area (Å²) in [6.07, 6.45) is 10.5. The normalized spacial score (nSPS) is 25.2. The SMILES string of the molecule is C=CCO[C@@]12Oc3ccc(Oc4ccc(OC)c(C=O)c4)cc3[C@H]3[C@H](CCCCO)[C@@H](CCCCO)C=C(C(=NOC4CCCCO4)C[C@@H]1N(Cc1ccc4c(c1)OCO4)C(=O)OCCCl)[C@H]32. The van der Waals surface area contributed by atoms with E-state index in [-0.39, 0.29) is 69.8 Å². The number of carbonyl (C=O) groups excluding carboxylic acids is 2. The molecule has 0 radical (unpaired) electrons. The summed E-state index contributed by atoms with van der Waals surface area (Å²) in [6, 6.07) is 15.4. The summed E-state index contributed by atoms with van der Waals surface area (Å²) >= 11 is 6.14. The molecule has 15 nitrogen and oxygen atoms in total. The Kier molecular flexibility index (Phi) is 16.3. The zero-order chi connectivity index (χ0) is 46.8. The van der Waals surface area contributed by atoms with Gasteiger partial charge in [-0.3, -0.25) is 9.69 Å². The molecule has 1 saturated carbocycles. The van der Waals surface area contributed by atoms with Gasteiger partial charge in [0.2, 0.25) is 18.9 Å². The fourth-order valence-corrected chi connectivity index (χ4v) is 10.5. The first kappa shape index (κ1) is 48.1. The summed E-state index contributed by atoms with van der Waals surface area (Å²) in [5.41, 5.74) is 3.44. The van der Waals surface area contributed by atoms with Crippen LogP contribution in [0.4, 0.5) is 4.79 Å². The molecular formula is C51H61ClN2O13. The Morgan fingerprint density at radius 2 is 1.78 bits per heavy atom. The van der Waals surface area contributed by atoms with Crippen molar-refractivity contribution >= 4 is 29.7 Å². The number of rotatable bonds is 22. The number of carbonyl (C=O) groups is 2. The molecule has 3 aliphatic heterocycles. The van der Waals surface area contributed by atoms with Gasteiger partial charge in [0, 0.05) is 44.1 Å². The summed E-state index contributed by atoms with van der Waals surface area (Å²) < 4.78 is 49.7. The van der Waals surface area contributed by atoms with Crippen LogP contribution in [-0.2, 0) is 25.6 Å². The molecular weight excluding hydrogens is 884 g/mol. The predicted octanol–water partition coefficient (Wildman–Crippen LogP) is 9.07. The first-order valence-corrected chi connectivity index (χ1v) is 23.9. The van der Waals surface area contributed by atoms with Crippen LogP contribution in [0.1, 0.15) is 91.6 Å². The average Bonchev–Trinajstić information content (AvgIpc) is 3.83. The lowest BCUT2D eigenvalue weighted by Crippen LogP contribution is -2.70.